The predicted molar refractivity (Wildman–Crippen MR) is 87.2 cm³/mol. The van der Waals surface area contributed by atoms with Crippen molar-refractivity contribution in [2.45, 2.75) is 77.6 Å². The summed E-state index contributed by atoms with van der Waals surface area (Å²) < 4.78 is 5.70. The number of ether oxygens (including phenoxy) is 1. The van der Waals surface area contributed by atoms with Crippen LogP contribution < -0.4 is 0 Å². The molecule has 0 bridgehead atoms. The van der Waals surface area contributed by atoms with Crippen molar-refractivity contribution < 1.29 is 4.74 Å². The lowest BCUT2D eigenvalue weighted by Crippen LogP contribution is -2.53. The normalized spacial score (nSPS) is 52.9. The molecule has 4 aliphatic carbocycles. The minimum atomic E-state index is 0.577. The maximum Gasteiger partial charge on any atom is 0.0521 e. The van der Waals surface area contributed by atoms with Crippen molar-refractivity contribution in [1.29, 1.82) is 0 Å². The molecule has 4 saturated carbocycles. The lowest BCUT2D eigenvalue weighted by atomic mass is 9.45. The number of hydrogen-bond acceptors (Lipinski definition) is 1. The summed E-state index contributed by atoms with van der Waals surface area (Å²) in [5.41, 5.74) is 1.27. The molecule has 0 saturated heterocycles. The molecule has 21 heavy (non-hydrogen) atoms. The Kier molecular flexibility index (Phi) is 3.64. The van der Waals surface area contributed by atoms with E-state index >= 15 is 0 Å². The summed E-state index contributed by atoms with van der Waals surface area (Å²) in [6.07, 6.45) is 16.6. The Balaban J connectivity index is 1.62. The third kappa shape index (κ3) is 2.06. The zero-order valence-electron chi connectivity index (χ0n) is 14.2. The molecule has 0 aromatic rings. The molecule has 0 N–H and O–H groups in total. The van der Waals surface area contributed by atoms with Gasteiger partial charge in [0.1, 0.15) is 0 Å². The Labute approximate surface area is 131 Å². The van der Waals surface area contributed by atoms with Crippen molar-refractivity contribution in [3.8, 4) is 0 Å². The molecule has 0 aliphatic heterocycles. The molecular weight excluding hydrogens is 256 g/mol. The van der Waals surface area contributed by atoms with E-state index in [0.717, 1.165) is 30.3 Å². The van der Waals surface area contributed by atoms with Crippen LogP contribution in [0.3, 0.4) is 0 Å². The molecule has 4 rings (SSSR count). The Morgan fingerprint density at radius 2 is 1.76 bits per heavy atom. The van der Waals surface area contributed by atoms with E-state index in [4.69, 9.17) is 4.74 Å². The molecule has 0 amide bonds. The van der Waals surface area contributed by atoms with Gasteiger partial charge in [0.25, 0.3) is 0 Å². The van der Waals surface area contributed by atoms with Crippen LogP contribution in [-0.2, 0) is 4.74 Å². The van der Waals surface area contributed by atoms with Crippen molar-refractivity contribution >= 4 is 0 Å². The third-order valence-electron chi connectivity index (χ3n) is 8.54. The molecule has 0 heterocycles. The molecule has 0 aromatic heterocycles. The van der Waals surface area contributed by atoms with E-state index in [1.807, 2.05) is 7.11 Å². The van der Waals surface area contributed by atoms with Crippen molar-refractivity contribution in [3.05, 3.63) is 0 Å². The molecule has 0 spiro atoms. The van der Waals surface area contributed by atoms with Crippen LogP contribution in [0, 0.1) is 34.5 Å². The van der Waals surface area contributed by atoms with Crippen molar-refractivity contribution in [1.82, 2.24) is 0 Å². The summed E-state index contributed by atoms with van der Waals surface area (Å²) in [4.78, 5) is 0. The van der Waals surface area contributed by atoms with Crippen LogP contribution in [0.25, 0.3) is 0 Å². The Morgan fingerprint density at radius 1 is 0.857 bits per heavy atom. The minimum Gasteiger partial charge on any atom is -0.384 e. The molecular formula is C20H34O. The zero-order valence-corrected chi connectivity index (χ0v) is 14.2. The number of rotatable bonds is 2. The molecule has 6 atom stereocenters. The van der Waals surface area contributed by atoms with E-state index in [0.29, 0.717) is 10.8 Å². The zero-order chi connectivity index (χ0) is 14.5. The van der Waals surface area contributed by atoms with Crippen LogP contribution in [0.4, 0.5) is 0 Å². The van der Waals surface area contributed by atoms with Crippen LogP contribution >= 0.6 is 0 Å². The summed E-state index contributed by atoms with van der Waals surface area (Å²) in [6.45, 7) is 3.73. The average molecular weight is 290 g/mol. The van der Waals surface area contributed by atoms with E-state index in [2.05, 4.69) is 6.92 Å². The highest BCUT2D eigenvalue weighted by molar-refractivity contribution is 5.07. The second kappa shape index (κ2) is 5.25. The lowest BCUT2D eigenvalue weighted by Gasteiger charge is -2.60. The molecule has 0 unspecified atom stereocenters. The van der Waals surface area contributed by atoms with Crippen LogP contribution in [0.1, 0.15) is 77.6 Å². The Hall–Kier alpha value is -0.0400. The van der Waals surface area contributed by atoms with Gasteiger partial charge in [0.15, 0.2) is 0 Å². The van der Waals surface area contributed by atoms with Gasteiger partial charge < -0.3 is 4.74 Å². The number of methoxy groups -OCH3 is 1. The first-order valence-corrected chi connectivity index (χ1v) is 9.69. The summed E-state index contributed by atoms with van der Waals surface area (Å²) in [6, 6.07) is 0. The first-order chi connectivity index (χ1) is 10.2. The summed E-state index contributed by atoms with van der Waals surface area (Å²) in [7, 11) is 1.93. The Morgan fingerprint density at radius 3 is 2.62 bits per heavy atom. The quantitative estimate of drug-likeness (QED) is 0.658. The van der Waals surface area contributed by atoms with Crippen LogP contribution in [0.2, 0.25) is 0 Å². The van der Waals surface area contributed by atoms with Gasteiger partial charge in [0, 0.05) is 7.11 Å². The standard InChI is InChI=1S/C20H34O/c1-19-11-4-3-6-15(19)8-9-16-17(19)10-13-20(14-21-2)12-5-7-18(16)20/h15-18H,3-14H2,1-2H3/t15-,16-,17+,18+,19+,20+/m1/s1. The number of fused-ring (bicyclic) bond motifs is 5. The van der Waals surface area contributed by atoms with E-state index < -0.39 is 0 Å². The molecule has 120 valence electrons. The van der Waals surface area contributed by atoms with Gasteiger partial charge in [-0.2, -0.15) is 0 Å². The summed E-state index contributed by atoms with van der Waals surface area (Å²) in [5, 5.41) is 0. The second-order valence-corrected chi connectivity index (χ2v) is 9.13. The lowest BCUT2D eigenvalue weighted by molar-refractivity contribution is -0.120. The van der Waals surface area contributed by atoms with Gasteiger partial charge in [-0.05, 0) is 85.9 Å². The van der Waals surface area contributed by atoms with E-state index in [-0.39, 0.29) is 0 Å². The summed E-state index contributed by atoms with van der Waals surface area (Å²) >= 11 is 0. The topological polar surface area (TPSA) is 9.23 Å². The molecule has 4 fully saturated rings. The van der Waals surface area contributed by atoms with Crippen LogP contribution in [-0.4, -0.2) is 13.7 Å². The highest BCUT2D eigenvalue weighted by Crippen LogP contribution is 2.66. The van der Waals surface area contributed by atoms with Crippen molar-refractivity contribution in [2.75, 3.05) is 13.7 Å². The van der Waals surface area contributed by atoms with Gasteiger partial charge >= 0.3 is 0 Å². The fourth-order valence-electron chi connectivity index (χ4n) is 7.63. The first-order valence-electron chi connectivity index (χ1n) is 9.69. The fourth-order valence-corrected chi connectivity index (χ4v) is 7.63. The molecule has 0 radical (unpaired) electrons. The fraction of sp³-hybridized carbons (Fsp3) is 1.00. The SMILES string of the molecule is COC[C@@]12CCC[C@H]1[C@@H]1CC[C@H]3CCCC[C@]3(C)[C@H]1CC2. The smallest absolute Gasteiger partial charge is 0.0521 e. The highest BCUT2D eigenvalue weighted by Gasteiger charge is 2.58. The van der Waals surface area contributed by atoms with Gasteiger partial charge in [0.2, 0.25) is 0 Å². The van der Waals surface area contributed by atoms with Gasteiger partial charge in [-0.15, -0.1) is 0 Å². The Bertz CT molecular complexity index is 391. The molecule has 4 aliphatic rings. The maximum absolute atomic E-state index is 5.70. The van der Waals surface area contributed by atoms with Crippen molar-refractivity contribution in [3.63, 3.8) is 0 Å². The minimum absolute atomic E-state index is 0.577. The van der Waals surface area contributed by atoms with Crippen LogP contribution in [0.15, 0.2) is 0 Å². The third-order valence-corrected chi connectivity index (χ3v) is 8.54. The maximum atomic E-state index is 5.70. The predicted octanol–water partition coefficient (Wildman–Crippen LogP) is 5.44. The van der Waals surface area contributed by atoms with E-state index in [1.54, 1.807) is 6.42 Å². The first kappa shape index (κ1) is 14.5. The number of hydrogen-bond donors (Lipinski definition) is 0. The van der Waals surface area contributed by atoms with Crippen LogP contribution in [0.5, 0.6) is 0 Å². The van der Waals surface area contributed by atoms with Gasteiger partial charge in [-0.25, -0.2) is 0 Å². The monoisotopic (exact) mass is 290 g/mol. The molecule has 1 nitrogen and oxygen atoms in total. The van der Waals surface area contributed by atoms with E-state index in [9.17, 15) is 0 Å². The van der Waals surface area contributed by atoms with Gasteiger partial charge in [0.05, 0.1) is 6.61 Å². The van der Waals surface area contributed by atoms with Gasteiger partial charge in [-0.1, -0.05) is 26.2 Å². The average Bonchev–Trinajstić information content (AvgIpc) is 2.91. The van der Waals surface area contributed by atoms with Gasteiger partial charge in [-0.3, -0.25) is 0 Å². The highest BCUT2D eigenvalue weighted by atomic mass is 16.5. The largest absolute Gasteiger partial charge is 0.384 e. The molecule has 1 heteroatoms. The molecule has 0 aromatic carbocycles. The van der Waals surface area contributed by atoms with E-state index in [1.165, 1.54) is 64.2 Å². The second-order valence-electron chi connectivity index (χ2n) is 9.13. The summed E-state index contributed by atoms with van der Waals surface area (Å²) in [5.74, 6) is 4.14. The van der Waals surface area contributed by atoms with Crippen molar-refractivity contribution in [2.24, 2.45) is 34.5 Å².